The Bertz CT molecular complexity index is 947. The molecular formula is C23H25N3O3. The molecule has 2 aromatic carbocycles. The van der Waals surface area contributed by atoms with Crippen molar-refractivity contribution in [3.05, 3.63) is 66.1 Å². The van der Waals surface area contributed by atoms with Crippen molar-refractivity contribution in [1.29, 1.82) is 0 Å². The molecule has 150 valence electrons. The van der Waals surface area contributed by atoms with Crippen LogP contribution in [0.25, 0.3) is 11.4 Å². The maximum atomic E-state index is 12.6. The molecule has 1 fully saturated rings. The molecule has 4 rings (SSSR count). The van der Waals surface area contributed by atoms with Crippen LogP contribution in [0, 0.1) is 0 Å². The van der Waals surface area contributed by atoms with Gasteiger partial charge in [0, 0.05) is 18.4 Å². The number of benzene rings is 2. The number of carbonyl (C=O) groups is 1. The molecule has 0 atom stereocenters. The molecular weight excluding hydrogens is 366 g/mol. The molecule has 3 aromatic rings. The van der Waals surface area contributed by atoms with Gasteiger partial charge in [-0.15, -0.1) is 0 Å². The summed E-state index contributed by atoms with van der Waals surface area (Å²) in [7, 11) is 0. The highest BCUT2D eigenvalue weighted by Gasteiger charge is 2.39. The van der Waals surface area contributed by atoms with Crippen molar-refractivity contribution in [3.8, 4) is 17.1 Å². The topological polar surface area (TPSA) is 77.2 Å². The van der Waals surface area contributed by atoms with E-state index >= 15 is 0 Å². The lowest BCUT2D eigenvalue weighted by molar-refractivity contribution is -0.124. The Morgan fingerprint density at radius 3 is 2.55 bits per heavy atom. The first-order valence-corrected chi connectivity index (χ1v) is 10.1. The first-order chi connectivity index (χ1) is 14.2. The minimum absolute atomic E-state index is 0.00868. The normalized spacial score (nSPS) is 14.8. The smallest absolute Gasteiger partial charge is 0.227 e. The van der Waals surface area contributed by atoms with Crippen LogP contribution in [0.4, 0.5) is 0 Å². The largest absolute Gasteiger partial charge is 0.494 e. The summed E-state index contributed by atoms with van der Waals surface area (Å²) in [4.78, 5) is 17.0. The number of ether oxygens (including phenoxy) is 1. The van der Waals surface area contributed by atoms with E-state index in [4.69, 9.17) is 9.26 Å². The van der Waals surface area contributed by atoms with Crippen LogP contribution < -0.4 is 10.1 Å². The second-order valence-electron chi connectivity index (χ2n) is 7.32. The highest BCUT2D eigenvalue weighted by Crippen LogP contribution is 2.41. The Balaban J connectivity index is 1.34. The van der Waals surface area contributed by atoms with Gasteiger partial charge in [-0.3, -0.25) is 4.79 Å². The van der Waals surface area contributed by atoms with Crippen LogP contribution >= 0.6 is 0 Å². The van der Waals surface area contributed by atoms with Gasteiger partial charge in [-0.05, 0) is 56.0 Å². The summed E-state index contributed by atoms with van der Waals surface area (Å²) in [6.07, 6.45) is 3.82. The molecule has 1 aliphatic carbocycles. The van der Waals surface area contributed by atoms with E-state index in [0.717, 1.165) is 30.6 Å². The van der Waals surface area contributed by atoms with Crippen molar-refractivity contribution in [1.82, 2.24) is 15.5 Å². The summed E-state index contributed by atoms with van der Waals surface area (Å²) in [5.41, 5.74) is 1.81. The summed E-state index contributed by atoms with van der Waals surface area (Å²) < 4.78 is 10.8. The Labute approximate surface area is 170 Å². The Kier molecular flexibility index (Phi) is 5.60. The number of carbonyl (C=O) groups excluding carboxylic acids is 1. The van der Waals surface area contributed by atoms with Gasteiger partial charge >= 0.3 is 0 Å². The van der Waals surface area contributed by atoms with Gasteiger partial charge in [0.2, 0.25) is 17.6 Å². The van der Waals surface area contributed by atoms with Crippen molar-refractivity contribution in [2.75, 3.05) is 6.61 Å². The van der Waals surface area contributed by atoms with Gasteiger partial charge in [0.15, 0.2) is 0 Å². The van der Waals surface area contributed by atoms with Crippen LogP contribution in [0.15, 0.2) is 59.1 Å². The Morgan fingerprint density at radius 2 is 1.90 bits per heavy atom. The monoisotopic (exact) mass is 391 g/mol. The zero-order valence-corrected chi connectivity index (χ0v) is 16.6. The fourth-order valence-corrected chi connectivity index (χ4v) is 3.66. The minimum Gasteiger partial charge on any atom is -0.494 e. The van der Waals surface area contributed by atoms with Gasteiger partial charge < -0.3 is 14.6 Å². The van der Waals surface area contributed by atoms with Crippen LogP contribution in [0.5, 0.6) is 5.75 Å². The molecule has 1 heterocycles. The number of hydrogen-bond donors (Lipinski definition) is 1. The highest BCUT2D eigenvalue weighted by molar-refractivity contribution is 5.77. The maximum Gasteiger partial charge on any atom is 0.227 e. The quantitative estimate of drug-likeness (QED) is 0.621. The average molecular weight is 391 g/mol. The lowest BCUT2D eigenvalue weighted by Gasteiger charge is -2.43. The number of aryl methyl sites for hydroxylation is 1. The third kappa shape index (κ3) is 4.31. The number of nitrogens with zero attached hydrogens (tertiary/aromatic N) is 2. The Hall–Kier alpha value is -3.15. The number of aromatic nitrogens is 2. The van der Waals surface area contributed by atoms with E-state index in [2.05, 4.69) is 27.6 Å². The molecule has 1 amide bonds. The zero-order valence-electron chi connectivity index (χ0n) is 16.6. The predicted molar refractivity (Wildman–Crippen MR) is 109 cm³/mol. The number of nitrogens with one attached hydrogen (secondary N) is 1. The molecule has 1 saturated carbocycles. The summed E-state index contributed by atoms with van der Waals surface area (Å²) in [6.45, 7) is 2.57. The molecule has 6 nitrogen and oxygen atoms in total. The second-order valence-corrected chi connectivity index (χ2v) is 7.32. The summed E-state index contributed by atoms with van der Waals surface area (Å²) in [6, 6.07) is 17.7. The molecule has 1 aliphatic rings. The van der Waals surface area contributed by atoms with E-state index in [0.29, 0.717) is 31.2 Å². The van der Waals surface area contributed by atoms with E-state index in [1.165, 1.54) is 5.56 Å². The number of rotatable bonds is 8. The van der Waals surface area contributed by atoms with E-state index in [1.54, 1.807) is 0 Å². The lowest BCUT2D eigenvalue weighted by Crippen LogP contribution is -2.50. The molecule has 6 heteroatoms. The summed E-state index contributed by atoms with van der Waals surface area (Å²) in [5.74, 6) is 1.80. The van der Waals surface area contributed by atoms with Crippen LogP contribution in [0.2, 0.25) is 0 Å². The van der Waals surface area contributed by atoms with Crippen molar-refractivity contribution in [2.45, 2.75) is 44.6 Å². The molecule has 0 unspecified atom stereocenters. The van der Waals surface area contributed by atoms with Crippen LogP contribution in [-0.4, -0.2) is 22.7 Å². The van der Waals surface area contributed by atoms with Crippen LogP contribution in [0.1, 0.15) is 44.1 Å². The maximum absolute atomic E-state index is 12.6. The molecule has 1 N–H and O–H groups in total. The van der Waals surface area contributed by atoms with Crippen molar-refractivity contribution in [2.24, 2.45) is 0 Å². The molecule has 0 radical (unpaired) electrons. The van der Waals surface area contributed by atoms with E-state index in [1.807, 2.05) is 49.4 Å². The lowest BCUT2D eigenvalue weighted by atomic mass is 9.71. The van der Waals surface area contributed by atoms with Crippen molar-refractivity contribution in [3.63, 3.8) is 0 Å². The number of hydrogen-bond acceptors (Lipinski definition) is 5. The summed E-state index contributed by atoms with van der Waals surface area (Å²) in [5, 5.41) is 7.26. The average Bonchev–Trinajstić information content (AvgIpc) is 3.20. The van der Waals surface area contributed by atoms with Gasteiger partial charge in [-0.2, -0.15) is 4.98 Å². The van der Waals surface area contributed by atoms with E-state index in [9.17, 15) is 4.79 Å². The zero-order chi connectivity index (χ0) is 20.1. The fraction of sp³-hybridized carbons (Fsp3) is 0.348. The van der Waals surface area contributed by atoms with Gasteiger partial charge in [-0.1, -0.05) is 35.5 Å². The van der Waals surface area contributed by atoms with Crippen LogP contribution in [-0.2, 0) is 16.8 Å². The minimum atomic E-state index is -0.222. The van der Waals surface area contributed by atoms with Crippen LogP contribution in [0.3, 0.4) is 0 Å². The van der Waals surface area contributed by atoms with Gasteiger partial charge in [0.1, 0.15) is 5.75 Å². The second kappa shape index (κ2) is 8.47. The van der Waals surface area contributed by atoms with Gasteiger partial charge in [0.05, 0.1) is 12.1 Å². The number of amides is 1. The Morgan fingerprint density at radius 1 is 1.14 bits per heavy atom. The summed E-state index contributed by atoms with van der Waals surface area (Å²) >= 11 is 0. The molecule has 0 bridgehead atoms. The molecule has 29 heavy (non-hydrogen) atoms. The SMILES string of the molecule is CCOc1ccc(-c2noc(CCC(=O)NC3(c4ccccc4)CCC3)n2)cc1. The van der Waals surface area contributed by atoms with Gasteiger partial charge in [0.25, 0.3) is 0 Å². The van der Waals surface area contributed by atoms with E-state index in [-0.39, 0.29) is 11.4 Å². The predicted octanol–water partition coefficient (Wildman–Crippen LogP) is 4.26. The fourth-order valence-electron chi connectivity index (χ4n) is 3.66. The third-order valence-electron chi connectivity index (χ3n) is 5.37. The first-order valence-electron chi connectivity index (χ1n) is 10.1. The standard InChI is InChI=1S/C23H25N3O3/c1-2-28-19-11-9-17(10-12-19)22-24-21(29-26-22)14-13-20(27)25-23(15-6-16-23)18-7-4-3-5-8-18/h3-5,7-12H,2,6,13-16H2,1H3,(H,25,27). The molecule has 0 saturated heterocycles. The molecule has 0 aliphatic heterocycles. The first kappa shape index (κ1) is 19.2. The third-order valence-corrected chi connectivity index (χ3v) is 5.37. The van der Waals surface area contributed by atoms with Crippen molar-refractivity contribution >= 4 is 5.91 Å². The van der Waals surface area contributed by atoms with E-state index < -0.39 is 0 Å². The van der Waals surface area contributed by atoms with Gasteiger partial charge in [-0.25, -0.2) is 0 Å². The van der Waals surface area contributed by atoms with Crippen molar-refractivity contribution < 1.29 is 14.1 Å². The highest BCUT2D eigenvalue weighted by atomic mass is 16.5. The molecule has 0 spiro atoms. The molecule has 1 aromatic heterocycles.